The minimum atomic E-state index is 0.336. The Kier molecular flexibility index (Phi) is 1.90. The van der Waals surface area contributed by atoms with Crippen LogP contribution in [-0.2, 0) is 4.74 Å². The summed E-state index contributed by atoms with van der Waals surface area (Å²) in [7, 11) is 1.78. The van der Waals surface area contributed by atoms with E-state index >= 15 is 0 Å². The number of hydrogen-bond donors (Lipinski definition) is 1. The molecule has 2 saturated carbocycles. The van der Waals surface area contributed by atoms with E-state index in [-0.39, 0.29) is 0 Å². The van der Waals surface area contributed by atoms with Crippen LogP contribution < -0.4 is 5.73 Å². The highest BCUT2D eigenvalue weighted by atomic mass is 16.5. The van der Waals surface area contributed by atoms with Crippen molar-refractivity contribution in [2.45, 2.75) is 25.4 Å². The molecular formula is C9H17NO. The third-order valence-electron chi connectivity index (χ3n) is 3.34. The van der Waals surface area contributed by atoms with Crippen molar-refractivity contribution in [2.75, 3.05) is 13.7 Å². The van der Waals surface area contributed by atoms with Crippen molar-refractivity contribution in [2.24, 2.45) is 23.5 Å². The molecule has 0 radical (unpaired) electrons. The van der Waals surface area contributed by atoms with Gasteiger partial charge in [-0.25, -0.2) is 0 Å². The predicted molar refractivity (Wildman–Crippen MR) is 44.2 cm³/mol. The maximum atomic E-state index is 5.60. The van der Waals surface area contributed by atoms with E-state index in [1.807, 2.05) is 0 Å². The van der Waals surface area contributed by atoms with Gasteiger partial charge in [-0.05, 0) is 37.0 Å². The monoisotopic (exact) mass is 155 g/mol. The summed E-state index contributed by atoms with van der Waals surface area (Å²) in [5, 5.41) is 0. The topological polar surface area (TPSA) is 35.2 Å². The first-order chi connectivity index (χ1) is 5.35. The number of fused-ring (bicyclic) bond motifs is 1. The molecule has 2 aliphatic carbocycles. The summed E-state index contributed by atoms with van der Waals surface area (Å²) in [5.74, 6) is 2.86. The standard InChI is InChI=1S/C9H17NO/c1-11-9(5-10)8-3-6-2-7(6)4-8/h6-9H,2-5,10H2,1H3. The van der Waals surface area contributed by atoms with Crippen molar-refractivity contribution in [1.29, 1.82) is 0 Å². The minimum absolute atomic E-state index is 0.336. The summed E-state index contributed by atoms with van der Waals surface area (Å²) < 4.78 is 5.33. The van der Waals surface area contributed by atoms with Crippen molar-refractivity contribution < 1.29 is 4.74 Å². The van der Waals surface area contributed by atoms with Gasteiger partial charge in [0.15, 0.2) is 0 Å². The van der Waals surface area contributed by atoms with Crippen LogP contribution in [0.4, 0.5) is 0 Å². The Balaban J connectivity index is 1.85. The second-order valence-electron chi connectivity index (χ2n) is 4.00. The Bertz CT molecular complexity index is 134. The van der Waals surface area contributed by atoms with E-state index < -0.39 is 0 Å². The SMILES string of the molecule is COC(CN)C1CC2CC2C1. The number of ether oxygens (including phenoxy) is 1. The average Bonchev–Trinajstić information content (AvgIpc) is 2.62. The third-order valence-corrected chi connectivity index (χ3v) is 3.34. The molecule has 2 aliphatic rings. The lowest BCUT2D eigenvalue weighted by molar-refractivity contribution is 0.0564. The van der Waals surface area contributed by atoms with Crippen molar-refractivity contribution in [3.63, 3.8) is 0 Å². The van der Waals surface area contributed by atoms with Gasteiger partial charge < -0.3 is 10.5 Å². The quantitative estimate of drug-likeness (QED) is 0.660. The molecule has 0 aromatic heterocycles. The lowest BCUT2D eigenvalue weighted by Crippen LogP contribution is -2.30. The maximum absolute atomic E-state index is 5.60. The first-order valence-electron chi connectivity index (χ1n) is 4.58. The molecule has 0 aromatic rings. The Morgan fingerprint density at radius 3 is 2.45 bits per heavy atom. The fraction of sp³-hybridized carbons (Fsp3) is 1.00. The van der Waals surface area contributed by atoms with Gasteiger partial charge in [-0.2, -0.15) is 0 Å². The Morgan fingerprint density at radius 1 is 1.36 bits per heavy atom. The van der Waals surface area contributed by atoms with E-state index in [1.54, 1.807) is 7.11 Å². The van der Waals surface area contributed by atoms with E-state index in [1.165, 1.54) is 19.3 Å². The molecule has 0 bridgehead atoms. The van der Waals surface area contributed by atoms with Crippen molar-refractivity contribution in [1.82, 2.24) is 0 Å². The largest absolute Gasteiger partial charge is 0.380 e. The molecular weight excluding hydrogens is 138 g/mol. The van der Waals surface area contributed by atoms with Crippen molar-refractivity contribution >= 4 is 0 Å². The number of rotatable bonds is 3. The zero-order chi connectivity index (χ0) is 7.84. The molecule has 3 atom stereocenters. The van der Waals surface area contributed by atoms with Gasteiger partial charge in [0, 0.05) is 13.7 Å². The normalized spacial score (nSPS) is 43.6. The molecule has 0 amide bonds. The van der Waals surface area contributed by atoms with Crippen molar-refractivity contribution in [3.05, 3.63) is 0 Å². The van der Waals surface area contributed by atoms with Crippen LogP contribution in [0.5, 0.6) is 0 Å². The molecule has 3 unspecified atom stereocenters. The smallest absolute Gasteiger partial charge is 0.0721 e. The third kappa shape index (κ3) is 1.30. The maximum Gasteiger partial charge on any atom is 0.0721 e. The number of methoxy groups -OCH3 is 1. The molecule has 0 aromatic carbocycles. The zero-order valence-corrected chi connectivity index (χ0v) is 7.12. The van der Waals surface area contributed by atoms with Gasteiger partial charge in [0.1, 0.15) is 0 Å². The molecule has 2 heteroatoms. The lowest BCUT2D eigenvalue weighted by Gasteiger charge is -2.21. The van der Waals surface area contributed by atoms with Gasteiger partial charge in [-0.1, -0.05) is 0 Å². The molecule has 11 heavy (non-hydrogen) atoms. The van der Waals surface area contributed by atoms with E-state index in [0.29, 0.717) is 12.6 Å². The van der Waals surface area contributed by atoms with Gasteiger partial charge in [0.2, 0.25) is 0 Å². The van der Waals surface area contributed by atoms with Crippen LogP contribution in [0.1, 0.15) is 19.3 Å². The van der Waals surface area contributed by atoms with Crippen LogP contribution in [0, 0.1) is 17.8 Å². The molecule has 2 nitrogen and oxygen atoms in total. The molecule has 2 rings (SSSR count). The second kappa shape index (κ2) is 2.76. The van der Waals surface area contributed by atoms with Crippen LogP contribution in [0.3, 0.4) is 0 Å². The Hall–Kier alpha value is -0.0800. The lowest BCUT2D eigenvalue weighted by atomic mass is 9.97. The van der Waals surface area contributed by atoms with E-state index in [9.17, 15) is 0 Å². The van der Waals surface area contributed by atoms with Gasteiger partial charge >= 0.3 is 0 Å². The summed E-state index contributed by atoms with van der Waals surface area (Å²) in [5.41, 5.74) is 5.60. The summed E-state index contributed by atoms with van der Waals surface area (Å²) in [6.45, 7) is 0.695. The second-order valence-corrected chi connectivity index (χ2v) is 4.00. The molecule has 64 valence electrons. The molecule has 0 heterocycles. The zero-order valence-electron chi connectivity index (χ0n) is 7.12. The molecule has 0 spiro atoms. The summed E-state index contributed by atoms with van der Waals surface area (Å²) in [4.78, 5) is 0. The van der Waals surface area contributed by atoms with Crippen LogP contribution >= 0.6 is 0 Å². The molecule has 0 aliphatic heterocycles. The Morgan fingerprint density at radius 2 is 2.00 bits per heavy atom. The number of hydrogen-bond acceptors (Lipinski definition) is 2. The minimum Gasteiger partial charge on any atom is -0.380 e. The molecule has 2 N–H and O–H groups in total. The highest BCUT2D eigenvalue weighted by Gasteiger charge is 2.47. The van der Waals surface area contributed by atoms with Gasteiger partial charge in [-0.3, -0.25) is 0 Å². The van der Waals surface area contributed by atoms with Crippen molar-refractivity contribution in [3.8, 4) is 0 Å². The summed E-state index contributed by atoms with van der Waals surface area (Å²) in [6, 6.07) is 0. The first kappa shape index (κ1) is 7.56. The Labute approximate surface area is 68.1 Å². The first-order valence-corrected chi connectivity index (χ1v) is 4.58. The van der Waals surface area contributed by atoms with Gasteiger partial charge in [0.05, 0.1) is 6.10 Å². The summed E-state index contributed by atoms with van der Waals surface area (Å²) >= 11 is 0. The van der Waals surface area contributed by atoms with Crippen LogP contribution in [0.15, 0.2) is 0 Å². The fourth-order valence-electron chi connectivity index (χ4n) is 2.55. The van der Waals surface area contributed by atoms with E-state index in [4.69, 9.17) is 10.5 Å². The molecule has 0 saturated heterocycles. The van der Waals surface area contributed by atoms with Gasteiger partial charge in [-0.15, -0.1) is 0 Å². The highest BCUT2D eigenvalue weighted by molar-refractivity contribution is 4.98. The van der Waals surface area contributed by atoms with Crippen LogP contribution in [-0.4, -0.2) is 19.8 Å². The molecule has 2 fully saturated rings. The van der Waals surface area contributed by atoms with E-state index in [2.05, 4.69) is 0 Å². The predicted octanol–water partition coefficient (Wildman–Crippen LogP) is 1.01. The van der Waals surface area contributed by atoms with Crippen LogP contribution in [0.2, 0.25) is 0 Å². The number of nitrogens with two attached hydrogens (primary N) is 1. The van der Waals surface area contributed by atoms with Crippen LogP contribution in [0.25, 0.3) is 0 Å². The van der Waals surface area contributed by atoms with Gasteiger partial charge in [0.25, 0.3) is 0 Å². The average molecular weight is 155 g/mol. The summed E-state index contributed by atoms with van der Waals surface area (Å²) in [6.07, 6.45) is 4.57. The highest BCUT2D eigenvalue weighted by Crippen LogP contribution is 2.55. The van der Waals surface area contributed by atoms with E-state index in [0.717, 1.165) is 17.8 Å². The fourth-order valence-corrected chi connectivity index (χ4v) is 2.55.